The maximum atomic E-state index is 13.2. The van der Waals surface area contributed by atoms with Crippen molar-refractivity contribution < 1.29 is 9.18 Å². The summed E-state index contributed by atoms with van der Waals surface area (Å²) in [5.41, 5.74) is 3.23. The van der Waals surface area contributed by atoms with E-state index in [2.05, 4.69) is 24.0 Å². The lowest BCUT2D eigenvalue weighted by molar-refractivity contribution is -0.116. The molecule has 5 nitrogen and oxygen atoms in total. The van der Waals surface area contributed by atoms with Crippen molar-refractivity contribution in [1.29, 1.82) is 0 Å². The molecule has 0 spiro atoms. The van der Waals surface area contributed by atoms with Gasteiger partial charge < -0.3 is 4.57 Å². The second-order valence-electron chi connectivity index (χ2n) is 7.32. The second kappa shape index (κ2) is 9.62. The molecule has 1 amide bonds. The first-order valence-corrected chi connectivity index (χ1v) is 11.8. The molecule has 4 aromatic rings. The van der Waals surface area contributed by atoms with Gasteiger partial charge in [0.05, 0.1) is 22.3 Å². The van der Waals surface area contributed by atoms with E-state index in [1.54, 1.807) is 40.9 Å². The zero-order chi connectivity index (χ0) is 21.8. The Kier molecular flexibility index (Phi) is 6.67. The van der Waals surface area contributed by atoms with E-state index in [0.717, 1.165) is 44.3 Å². The number of benzene rings is 2. The molecular formula is C23H23FN4OS2. The van der Waals surface area contributed by atoms with Crippen LogP contribution in [0.15, 0.2) is 60.0 Å². The molecule has 4 rings (SSSR count). The van der Waals surface area contributed by atoms with Gasteiger partial charge in [-0.05, 0) is 55.7 Å². The van der Waals surface area contributed by atoms with Gasteiger partial charge in [-0.2, -0.15) is 0 Å². The summed E-state index contributed by atoms with van der Waals surface area (Å²) in [7, 11) is 0. The van der Waals surface area contributed by atoms with E-state index < -0.39 is 0 Å². The standard InChI is InChI=1S/C23H23FN4OS2/c1-16-4-5-17(2)22-21(16)26-23(31-22)28(12-3-11-27-13-10-25-15-27)20(29)14-30-19-8-6-18(24)7-9-19/h4-10,13,15H,3,11-12,14H2,1-2H3. The predicted molar refractivity (Wildman–Crippen MR) is 125 cm³/mol. The minimum Gasteiger partial charge on any atom is -0.337 e. The number of amides is 1. The SMILES string of the molecule is Cc1ccc(C)c2sc(N(CCCn3ccnc3)C(=O)CSc3ccc(F)cc3)nc12. The first-order chi connectivity index (χ1) is 15.0. The molecule has 0 aliphatic rings. The molecule has 0 N–H and O–H groups in total. The first-order valence-electron chi connectivity index (χ1n) is 10.0. The number of thioether (sulfide) groups is 1. The van der Waals surface area contributed by atoms with Gasteiger partial charge in [0.1, 0.15) is 5.82 Å². The number of aryl methyl sites for hydroxylation is 3. The zero-order valence-corrected chi connectivity index (χ0v) is 19.0. The molecule has 0 aliphatic carbocycles. The number of halogens is 1. The minimum absolute atomic E-state index is 0.00526. The lowest BCUT2D eigenvalue weighted by Crippen LogP contribution is -2.33. The van der Waals surface area contributed by atoms with Crippen molar-refractivity contribution in [1.82, 2.24) is 14.5 Å². The molecule has 0 saturated carbocycles. The van der Waals surface area contributed by atoms with Gasteiger partial charge >= 0.3 is 0 Å². The van der Waals surface area contributed by atoms with E-state index in [9.17, 15) is 9.18 Å². The Hall–Kier alpha value is -2.71. The Balaban J connectivity index is 1.54. The highest BCUT2D eigenvalue weighted by atomic mass is 32.2. The van der Waals surface area contributed by atoms with Crippen LogP contribution in [0.1, 0.15) is 17.5 Å². The minimum atomic E-state index is -0.281. The molecule has 2 heterocycles. The van der Waals surface area contributed by atoms with Crippen molar-refractivity contribution in [3.8, 4) is 0 Å². The van der Waals surface area contributed by atoms with E-state index in [1.165, 1.54) is 23.9 Å². The Morgan fingerprint density at radius 3 is 2.65 bits per heavy atom. The number of aromatic nitrogens is 3. The predicted octanol–water partition coefficient (Wildman–Crippen LogP) is 5.46. The quantitative estimate of drug-likeness (QED) is 0.332. The summed E-state index contributed by atoms with van der Waals surface area (Å²) in [6.07, 6.45) is 6.24. The lowest BCUT2D eigenvalue weighted by atomic mass is 10.1. The molecule has 0 radical (unpaired) electrons. The molecule has 0 aliphatic heterocycles. The molecular weight excluding hydrogens is 431 g/mol. The fourth-order valence-electron chi connectivity index (χ4n) is 3.27. The van der Waals surface area contributed by atoms with Crippen molar-refractivity contribution >= 4 is 44.4 Å². The number of thiazole rings is 1. The summed E-state index contributed by atoms with van der Waals surface area (Å²) in [4.78, 5) is 24.8. The summed E-state index contributed by atoms with van der Waals surface area (Å²) in [5.74, 6) is -0.0173. The maximum absolute atomic E-state index is 13.2. The highest BCUT2D eigenvalue weighted by molar-refractivity contribution is 8.00. The Morgan fingerprint density at radius 1 is 1.16 bits per heavy atom. The summed E-state index contributed by atoms with van der Waals surface area (Å²) in [6.45, 7) is 5.46. The summed E-state index contributed by atoms with van der Waals surface area (Å²) in [5, 5.41) is 0.725. The second-order valence-corrected chi connectivity index (χ2v) is 9.34. The largest absolute Gasteiger partial charge is 0.337 e. The van der Waals surface area contributed by atoms with Crippen LogP contribution in [0.25, 0.3) is 10.2 Å². The molecule has 0 bridgehead atoms. The first kappa shape index (κ1) is 21.5. The van der Waals surface area contributed by atoms with Crippen molar-refractivity contribution in [3.05, 3.63) is 72.1 Å². The zero-order valence-electron chi connectivity index (χ0n) is 17.4. The molecule has 0 saturated heterocycles. The fraction of sp³-hybridized carbons (Fsp3) is 0.261. The third-order valence-corrected chi connectivity index (χ3v) is 7.21. The lowest BCUT2D eigenvalue weighted by Gasteiger charge is -2.20. The number of hydrogen-bond acceptors (Lipinski definition) is 5. The third kappa shape index (κ3) is 5.14. The van der Waals surface area contributed by atoms with Crippen LogP contribution in [0, 0.1) is 19.7 Å². The molecule has 0 unspecified atom stereocenters. The van der Waals surface area contributed by atoms with Crippen molar-refractivity contribution in [3.63, 3.8) is 0 Å². The van der Waals surface area contributed by atoms with Gasteiger partial charge in [-0.1, -0.05) is 23.5 Å². The highest BCUT2D eigenvalue weighted by Gasteiger charge is 2.21. The van der Waals surface area contributed by atoms with E-state index >= 15 is 0 Å². The van der Waals surface area contributed by atoms with Crippen LogP contribution in [0.5, 0.6) is 0 Å². The maximum Gasteiger partial charge on any atom is 0.239 e. The van der Waals surface area contributed by atoms with Crippen molar-refractivity contribution in [2.24, 2.45) is 0 Å². The average molecular weight is 455 g/mol. The summed E-state index contributed by atoms with van der Waals surface area (Å²) < 4.78 is 16.3. The fourth-order valence-corrected chi connectivity index (χ4v) is 5.20. The number of nitrogens with zero attached hydrogens (tertiary/aromatic N) is 4. The Bertz CT molecular complexity index is 1130. The number of carbonyl (C=O) groups excluding carboxylic acids is 1. The molecule has 8 heteroatoms. The third-order valence-electron chi connectivity index (χ3n) is 5.00. The number of carbonyl (C=O) groups is 1. The van der Waals surface area contributed by atoms with Crippen LogP contribution in [0.3, 0.4) is 0 Å². The van der Waals surface area contributed by atoms with E-state index in [1.807, 2.05) is 17.7 Å². The normalized spacial score (nSPS) is 11.2. The van der Waals surface area contributed by atoms with E-state index in [4.69, 9.17) is 4.98 Å². The van der Waals surface area contributed by atoms with Gasteiger partial charge in [0.25, 0.3) is 0 Å². The van der Waals surface area contributed by atoms with Gasteiger partial charge in [0.2, 0.25) is 5.91 Å². The monoisotopic (exact) mass is 454 g/mol. The van der Waals surface area contributed by atoms with Gasteiger partial charge in [-0.3, -0.25) is 9.69 Å². The summed E-state index contributed by atoms with van der Waals surface area (Å²) in [6, 6.07) is 10.4. The molecule has 0 atom stereocenters. The summed E-state index contributed by atoms with van der Waals surface area (Å²) >= 11 is 2.97. The van der Waals surface area contributed by atoms with Gasteiger partial charge in [0, 0.05) is 30.4 Å². The number of fused-ring (bicyclic) bond motifs is 1. The van der Waals surface area contributed by atoms with Gasteiger partial charge in [-0.15, -0.1) is 11.8 Å². The van der Waals surface area contributed by atoms with E-state index in [0.29, 0.717) is 6.54 Å². The molecule has 31 heavy (non-hydrogen) atoms. The highest BCUT2D eigenvalue weighted by Crippen LogP contribution is 2.33. The van der Waals surface area contributed by atoms with Crippen LogP contribution in [-0.2, 0) is 11.3 Å². The smallest absolute Gasteiger partial charge is 0.239 e. The molecule has 2 aromatic heterocycles. The van der Waals surface area contributed by atoms with Gasteiger partial charge in [0.15, 0.2) is 5.13 Å². The average Bonchev–Trinajstić information content (AvgIpc) is 3.44. The molecule has 2 aromatic carbocycles. The van der Waals surface area contributed by atoms with Crippen LogP contribution in [0.2, 0.25) is 0 Å². The van der Waals surface area contributed by atoms with Crippen LogP contribution < -0.4 is 4.90 Å². The topological polar surface area (TPSA) is 51.0 Å². The van der Waals surface area contributed by atoms with Crippen LogP contribution >= 0.6 is 23.1 Å². The number of hydrogen-bond donors (Lipinski definition) is 0. The van der Waals surface area contributed by atoms with Crippen molar-refractivity contribution in [2.75, 3.05) is 17.2 Å². The molecule has 0 fully saturated rings. The van der Waals surface area contributed by atoms with Gasteiger partial charge in [-0.25, -0.2) is 14.4 Å². The van der Waals surface area contributed by atoms with Crippen molar-refractivity contribution in [2.45, 2.75) is 31.7 Å². The molecule has 160 valence electrons. The number of anilines is 1. The number of rotatable bonds is 8. The Labute approximate surface area is 188 Å². The van der Waals surface area contributed by atoms with Crippen LogP contribution in [0.4, 0.5) is 9.52 Å². The Morgan fingerprint density at radius 2 is 1.94 bits per heavy atom. The van der Waals surface area contributed by atoms with Crippen LogP contribution in [-0.4, -0.2) is 32.7 Å². The number of imidazole rings is 1. The van der Waals surface area contributed by atoms with E-state index in [-0.39, 0.29) is 17.5 Å².